The van der Waals surface area contributed by atoms with E-state index in [-0.39, 0.29) is 0 Å². The molecule has 8 heteroatoms. The third-order valence-electron chi connectivity index (χ3n) is 4.93. The summed E-state index contributed by atoms with van der Waals surface area (Å²) in [6.45, 7) is 3.56. The lowest BCUT2D eigenvalue weighted by molar-refractivity contribution is 0.397. The van der Waals surface area contributed by atoms with Crippen molar-refractivity contribution in [3.05, 3.63) is 47.8 Å². The molecule has 1 N–H and O–H groups in total. The molecule has 3 heterocycles. The molecule has 0 atom stereocenters. The number of ether oxygens (including phenoxy) is 2. The van der Waals surface area contributed by atoms with Crippen molar-refractivity contribution in [2.24, 2.45) is 0 Å². The first-order valence-electron chi connectivity index (χ1n) is 9.45. The van der Waals surface area contributed by atoms with Crippen molar-refractivity contribution in [3.63, 3.8) is 0 Å². The Kier molecular flexibility index (Phi) is 5.78. The van der Waals surface area contributed by atoms with Crippen molar-refractivity contribution < 1.29 is 9.47 Å². The molecule has 0 aliphatic carbocycles. The van der Waals surface area contributed by atoms with E-state index in [1.54, 1.807) is 25.6 Å². The fourth-order valence-corrected chi connectivity index (χ4v) is 4.35. The molecule has 0 unspecified atom stereocenters. The standard InChI is InChI=1S/C20H25N5O2S/c1-26-17-7-8-18(27-2)15(12-17)13-21-14-16-6-5-11-25(16)20-23-22-19(28-20)24-9-3-4-10-24/h5-8,11-12,21H,3-4,9-10,13-14H2,1-2H3. The Morgan fingerprint density at radius 2 is 1.86 bits per heavy atom. The van der Waals surface area contributed by atoms with E-state index in [2.05, 4.69) is 31.0 Å². The number of nitrogens with zero attached hydrogens (tertiary/aromatic N) is 4. The monoisotopic (exact) mass is 399 g/mol. The van der Waals surface area contributed by atoms with E-state index in [1.807, 2.05) is 30.5 Å². The molecule has 0 spiro atoms. The fraction of sp³-hybridized carbons (Fsp3) is 0.400. The van der Waals surface area contributed by atoms with E-state index in [1.165, 1.54) is 12.8 Å². The highest BCUT2D eigenvalue weighted by atomic mass is 32.1. The second-order valence-corrected chi connectivity index (χ2v) is 7.65. The first kappa shape index (κ1) is 18.8. The molecule has 7 nitrogen and oxygen atoms in total. The van der Waals surface area contributed by atoms with Gasteiger partial charge in [0.2, 0.25) is 10.3 Å². The average molecular weight is 400 g/mol. The van der Waals surface area contributed by atoms with E-state index >= 15 is 0 Å². The van der Waals surface area contributed by atoms with Gasteiger partial charge in [-0.2, -0.15) is 0 Å². The molecule has 0 radical (unpaired) electrons. The second-order valence-electron chi connectivity index (χ2n) is 6.71. The van der Waals surface area contributed by atoms with Gasteiger partial charge in [-0.3, -0.25) is 4.57 Å². The molecule has 0 bridgehead atoms. The number of nitrogens with one attached hydrogen (secondary N) is 1. The zero-order valence-corrected chi connectivity index (χ0v) is 17.0. The van der Waals surface area contributed by atoms with Gasteiger partial charge in [0, 0.05) is 43.6 Å². The fourth-order valence-electron chi connectivity index (χ4n) is 3.43. The Hall–Kier alpha value is -2.58. The van der Waals surface area contributed by atoms with Gasteiger partial charge in [-0.15, -0.1) is 10.2 Å². The normalized spacial score (nSPS) is 13.9. The molecule has 1 aliphatic rings. The minimum atomic E-state index is 0.681. The maximum Gasteiger partial charge on any atom is 0.218 e. The van der Waals surface area contributed by atoms with Gasteiger partial charge in [0.15, 0.2) is 0 Å². The van der Waals surface area contributed by atoms with Crippen LogP contribution in [-0.4, -0.2) is 42.1 Å². The molecule has 1 aliphatic heterocycles. The van der Waals surface area contributed by atoms with Gasteiger partial charge in [-0.1, -0.05) is 11.3 Å². The van der Waals surface area contributed by atoms with Crippen LogP contribution in [0.2, 0.25) is 0 Å². The lowest BCUT2D eigenvalue weighted by Crippen LogP contribution is -2.17. The Morgan fingerprint density at radius 1 is 1.04 bits per heavy atom. The van der Waals surface area contributed by atoms with Crippen molar-refractivity contribution in [1.82, 2.24) is 20.1 Å². The zero-order valence-electron chi connectivity index (χ0n) is 16.2. The van der Waals surface area contributed by atoms with E-state index in [0.29, 0.717) is 13.1 Å². The molecule has 1 fully saturated rings. The third kappa shape index (κ3) is 3.98. The van der Waals surface area contributed by atoms with Crippen molar-refractivity contribution >= 4 is 16.5 Å². The number of benzene rings is 1. The van der Waals surface area contributed by atoms with Gasteiger partial charge in [0.05, 0.1) is 14.2 Å². The number of rotatable bonds is 8. The maximum absolute atomic E-state index is 5.46. The summed E-state index contributed by atoms with van der Waals surface area (Å²) in [6.07, 6.45) is 4.51. The molecule has 0 amide bonds. The summed E-state index contributed by atoms with van der Waals surface area (Å²) in [5.74, 6) is 1.67. The molecule has 1 saturated heterocycles. The van der Waals surface area contributed by atoms with E-state index in [9.17, 15) is 0 Å². The van der Waals surface area contributed by atoms with E-state index in [4.69, 9.17) is 9.47 Å². The molecular formula is C20H25N5O2S. The highest BCUT2D eigenvalue weighted by molar-refractivity contribution is 7.17. The first-order chi connectivity index (χ1) is 13.8. The van der Waals surface area contributed by atoms with Crippen LogP contribution < -0.4 is 19.7 Å². The van der Waals surface area contributed by atoms with Crippen LogP contribution in [0.25, 0.3) is 5.13 Å². The van der Waals surface area contributed by atoms with Crippen molar-refractivity contribution in [2.45, 2.75) is 25.9 Å². The Bertz CT molecular complexity index is 917. The molecule has 148 valence electrons. The smallest absolute Gasteiger partial charge is 0.218 e. The van der Waals surface area contributed by atoms with Crippen LogP contribution in [0.5, 0.6) is 11.5 Å². The van der Waals surface area contributed by atoms with Gasteiger partial charge in [-0.05, 0) is 43.2 Å². The molecule has 3 aromatic rings. The number of aromatic nitrogens is 3. The number of methoxy groups -OCH3 is 2. The number of hydrogen-bond donors (Lipinski definition) is 1. The minimum absolute atomic E-state index is 0.681. The molecule has 28 heavy (non-hydrogen) atoms. The summed E-state index contributed by atoms with van der Waals surface area (Å²) in [4.78, 5) is 2.32. The largest absolute Gasteiger partial charge is 0.497 e. The predicted octanol–water partition coefficient (Wildman–Crippen LogP) is 3.24. The molecule has 2 aromatic heterocycles. The van der Waals surface area contributed by atoms with Crippen LogP contribution in [0.1, 0.15) is 24.1 Å². The summed E-state index contributed by atoms with van der Waals surface area (Å²) in [7, 11) is 3.36. The van der Waals surface area contributed by atoms with E-state index < -0.39 is 0 Å². The summed E-state index contributed by atoms with van der Waals surface area (Å²) in [6, 6.07) is 9.98. The van der Waals surface area contributed by atoms with Crippen LogP contribution in [0.15, 0.2) is 36.5 Å². The summed E-state index contributed by atoms with van der Waals surface area (Å²) >= 11 is 1.65. The van der Waals surface area contributed by atoms with Crippen LogP contribution in [-0.2, 0) is 13.1 Å². The predicted molar refractivity (Wildman–Crippen MR) is 111 cm³/mol. The van der Waals surface area contributed by atoms with Crippen molar-refractivity contribution in [2.75, 3.05) is 32.2 Å². The molecular weight excluding hydrogens is 374 g/mol. The van der Waals surface area contributed by atoms with Gasteiger partial charge in [-0.25, -0.2) is 0 Å². The van der Waals surface area contributed by atoms with Gasteiger partial charge >= 0.3 is 0 Å². The molecule has 1 aromatic carbocycles. The number of hydrogen-bond acceptors (Lipinski definition) is 7. The first-order valence-corrected chi connectivity index (χ1v) is 10.3. The van der Waals surface area contributed by atoms with Crippen LogP contribution in [0.4, 0.5) is 5.13 Å². The SMILES string of the molecule is COc1ccc(OC)c(CNCc2cccn2-c2nnc(N3CCCC3)s2)c1. The topological polar surface area (TPSA) is 64.4 Å². The minimum Gasteiger partial charge on any atom is -0.497 e. The van der Waals surface area contributed by atoms with E-state index in [0.717, 1.165) is 46.1 Å². The van der Waals surface area contributed by atoms with Crippen molar-refractivity contribution in [1.29, 1.82) is 0 Å². The summed E-state index contributed by atoms with van der Waals surface area (Å²) in [5.41, 5.74) is 2.21. The lowest BCUT2D eigenvalue weighted by atomic mass is 10.2. The maximum atomic E-state index is 5.46. The van der Waals surface area contributed by atoms with Crippen LogP contribution >= 0.6 is 11.3 Å². The Balaban J connectivity index is 1.43. The molecule has 4 rings (SSSR count). The third-order valence-corrected chi connectivity index (χ3v) is 5.91. The average Bonchev–Trinajstić information content (AvgIpc) is 3.48. The summed E-state index contributed by atoms with van der Waals surface area (Å²) in [5, 5.41) is 14.2. The second kappa shape index (κ2) is 8.62. The lowest BCUT2D eigenvalue weighted by Gasteiger charge is -2.12. The molecule has 0 saturated carbocycles. The quantitative estimate of drug-likeness (QED) is 0.627. The van der Waals surface area contributed by atoms with Gasteiger partial charge < -0.3 is 19.7 Å². The zero-order chi connectivity index (χ0) is 19.3. The van der Waals surface area contributed by atoms with Gasteiger partial charge in [0.25, 0.3) is 0 Å². The Labute approximate surface area is 168 Å². The summed E-state index contributed by atoms with van der Waals surface area (Å²) < 4.78 is 12.9. The van der Waals surface area contributed by atoms with Gasteiger partial charge in [0.1, 0.15) is 11.5 Å². The number of anilines is 1. The van der Waals surface area contributed by atoms with Crippen LogP contribution in [0, 0.1) is 0 Å². The highest BCUT2D eigenvalue weighted by Gasteiger charge is 2.18. The highest BCUT2D eigenvalue weighted by Crippen LogP contribution is 2.27. The van der Waals surface area contributed by atoms with Crippen LogP contribution in [0.3, 0.4) is 0 Å². The Morgan fingerprint density at radius 3 is 2.64 bits per heavy atom. The van der Waals surface area contributed by atoms with Crippen molar-refractivity contribution in [3.8, 4) is 16.6 Å².